The quantitative estimate of drug-likeness (QED) is 0.255. The number of hydrogen-bond donors (Lipinski definition) is 2. The maximum Gasteiger partial charge on any atom is 0.251 e. The molecule has 4 aromatic rings. The first-order chi connectivity index (χ1) is 18.1. The summed E-state index contributed by atoms with van der Waals surface area (Å²) in [5.74, 6) is 3.14. The SMILES string of the molecule is CCCNC(=O)c1ccc(-c2cnc3c(NCC4CCSCC4)cc(Sc4ccccc4)nn23)cc1C. The maximum atomic E-state index is 12.5. The van der Waals surface area contributed by atoms with Crippen molar-refractivity contribution in [3.05, 3.63) is 71.9 Å². The number of benzene rings is 2. The fourth-order valence-electron chi connectivity index (χ4n) is 4.55. The highest BCUT2D eigenvalue weighted by atomic mass is 32.2. The average Bonchev–Trinajstić information content (AvgIpc) is 3.35. The summed E-state index contributed by atoms with van der Waals surface area (Å²) in [6, 6.07) is 18.4. The van der Waals surface area contributed by atoms with Gasteiger partial charge in [0.2, 0.25) is 0 Å². The number of aromatic nitrogens is 3. The number of nitrogens with one attached hydrogen (secondary N) is 2. The lowest BCUT2D eigenvalue weighted by Crippen LogP contribution is -2.24. The first kappa shape index (κ1) is 25.7. The van der Waals surface area contributed by atoms with Crippen molar-refractivity contribution in [1.29, 1.82) is 0 Å². The molecule has 0 unspecified atom stereocenters. The molecule has 192 valence electrons. The molecule has 5 rings (SSSR count). The van der Waals surface area contributed by atoms with Crippen LogP contribution in [0, 0.1) is 12.8 Å². The van der Waals surface area contributed by atoms with Crippen molar-refractivity contribution in [2.24, 2.45) is 5.92 Å². The molecule has 3 heterocycles. The molecular weight excluding hydrogens is 498 g/mol. The van der Waals surface area contributed by atoms with Crippen molar-refractivity contribution in [3.8, 4) is 11.3 Å². The molecule has 1 aliphatic rings. The molecule has 0 spiro atoms. The number of fused-ring (bicyclic) bond motifs is 1. The molecule has 1 aliphatic heterocycles. The van der Waals surface area contributed by atoms with Gasteiger partial charge in [0.1, 0.15) is 5.03 Å². The number of carbonyl (C=O) groups is 1. The number of hydrogen-bond acceptors (Lipinski definition) is 6. The zero-order valence-corrected chi connectivity index (χ0v) is 23.0. The van der Waals surface area contributed by atoms with E-state index in [2.05, 4.69) is 53.6 Å². The molecule has 1 saturated heterocycles. The highest BCUT2D eigenvalue weighted by Crippen LogP contribution is 2.32. The fraction of sp³-hybridized carbons (Fsp3) is 0.345. The number of aryl methyl sites for hydroxylation is 1. The van der Waals surface area contributed by atoms with Gasteiger partial charge in [-0.2, -0.15) is 16.9 Å². The van der Waals surface area contributed by atoms with E-state index in [1.807, 2.05) is 48.0 Å². The van der Waals surface area contributed by atoms with Crippen LogP contribution in [0.2, 0.25) is 0 Å². The summed E-state index contributed by atoms with van der Waals surface area (Å²) in [6.07, 6.45) is 5.30. The van der Waals surface area contributed by atoms with E-state index in [0.29, 0.717) is 18.0 Å². The van der Waals surface area contributed by atoms with E-state index >= 15 is 0 Å². The standard InChI is InChI=1S/C29H33N5OS2/c1-3-13-30-29(35)24-10-9-22(16-20(24)2)26-19-32-28-25(31-18-21-11-14-36-15-12-21)17-27(33-34(26)28)37-23-7-5-4-6-8-23/h4-10,16-17,19,21,31H,3,11-15,18H2,1-2H3,(H,30,35). The molecule has 2 N–H and O–H groups in total. The van der Waals surface area contributed by atoms with Gasteiger partial charge in [-0.05, 0) is 79.5 Å². The second-order valence-electron chi connectivity index (χ2n) is 9.41. The van der Waals surface area contributed by atoms with Crippen LogP contribution < -0.4 is 10.6 Å². The van der Waals surface area contributed by atoms with E-state index in [4.69, 9.17) is 10.1 Å². The van der Waals surface area contributed by atoms with Gasteiger partial charge in [-0.25, -0.2) is 9.50 Å². The van der Waals surface area contributed by atoms with E-state index in [-0.39, 0.29) is 5.91 Å². The highest BCUT2D eigenvalue weighted by molar-refractivity contribution is 7.99. The van der Waals surface area contributed by atoms with Gasteiger partial charge >= 0.3 is 0 Å². The average molecular weight is 532 g/mol. The van der Waals surface area contributed by atoms with Crippen molar-refractivity contribution in [1.82, 2.24) is 19.9 Å². The van der Waals surface area contributed by atoms with E-state index in [0.717, 1.165) is 51.0 Å². The molecule has 0 bridgehead atoms. The molecule has 0 atom stereocenters. The van der Waals surface area contributed by atoms with Gasteiger partial charge in [0.15, 0.2) is 5.65 Å². The third kappa shape index (κ3) is 6.13. The maximum absolute atomic E-state index is 12.5. The first-order valence-corrected chi connectivity index (χ1v) is 14.9. The van der Waals surface area contributed by atoms with Gasteiger partial charge in [-0.15, -0.1) is 0 Å². The van der Waals surface area contributed by atoms with Crippen molar-refractivity contribution in [2.45, 2.75) is 43.0 Å². The van der Waals surface area contributed by atoms with Crippen LogP contribution >= 0.6 is 23.5 Å². The van der Waals surface area contributed by atoms with Crippen LogP contribution in [-0.4, -0.2) is 45.1 Å². The third-order valence-electron chi connectivity index (χ3n) is 6.64. The minimum Gasteiger partial charge on any atom is -0.382 e. The Morgan fingerprint density at radius 3 is 2.70 bits per heavy atom. The van der Waals surface area contributed by atoms with E-state index < -0.39 is 0 Å². The van der Waals surface area contributed by atoms with Gasteiger partial charge < -0.3 is 10.6 Å². The molecule has 0 saturated carbocycles. The summed E-state index contributed by atoms with van der Waals surface area (Å²) in [5, 5.41) is 12.6. The Morgan fingerprint density at radius 2 is 1.95 bits per heavy atom. The fourth-order valence-corrected chi connectivity index (χ4v) is 6.59. The Balaban J connectivity index is 1.49. The Kier molecular flexibility index (Phi) is 8.36. The summed E-state index contributed by atoms with van der Waals surface area (Å²) < 4.78 is 1.94. The third-order valence-corrected chi connectivity index (χ3v) is 8.60. The van der Waals surface area contributed by atoms with Crippen molar-refractivity contribution in [2.75, 3.05) is 29.9 Å². The van der Waals surface area contributed by atoms with Gasteiger partial charge in [0.05, 0.1) is 17.6 Å². The minimum atomic E-state index is -0.0312. The van der Waals surface area contributed by atoms with E-state index in [9.17, 15) is 4.79 Å². The zero-order chi connectivity index (χ0) is 25.6. The van der Waals surface area contributed by atoms with Crippen molar-refractivity contribution in [3.63, 3.8) is 0 Å². The minimum absolute atomic E-state index is 0.0312. The van der Waals surface area contributed by atoms with Crippen LogP contribution in [-0.2, 0) is 0 Å². The Hall–Kier alpha value is -2.97. The van der Waals surface area contributed by atoms with Gasteiger partial charge in [-0.3, -0.25) is 4.79 Å². The molecule has 8 heteroatoms. The molecular formula is C29H33N5OS2. The largest absolute Gasteiger partial charge is 0.382 e. The predicted molar refractivity (Wildman–Crippen MR) is 155 cm³/mol. The van der Waals surface area contributed by atoms with Gasteiger partial charge in [-0.1, -0.05) is 43.0 Å². The van der Waals surface area contributed by atoms with Gasteiger partial charge in [0, 0.05) is 29.1 Å². The van der Waals surface area contributed by atoms with Gasteiger partial charge in [0.25, 0.3) is 5.91 Å². The number of thioether (sulfide) groups is 1. The van der Waals surface area contributed by atoms with Crippen LogP contribution in [0.5, 0.6) is 0 Å². The Bertz CT molecular complexity index is 1370. The summed E-state index contributed by atoms with van der Waals surface area (Å²) in [5.41, 5.74) is 5.36. The number of nitrogens with zero attached hydrogens (tertiary/aromatic N) is 3. The number of imidazole rings is 1. The van der Waals surface area contributed by atoms with E-state index in [1.165, 1.54) is 24.3 Å². The molecule has 2 aromatic heterocycles. The zero-order valence-electron chi connectivity index (χ0n) is 21.4. The smallest absolute Gasteiger partial charge is 0.251 e. The first-order valence-electron chi connectivity index (χ1n) is 12.9. The van der Waals surface area contributed by atoms with Crippen LogP contribution in [0.1, 0.15) is 42.1 Å². The predicted octanol–water partition coefficient (Wildman–Crippen LogP) is 6.55. The molecule has 2 aromatic carbocycles. The lowest BCUT2D eigenvalue weighted by Gasteiger charge is -2.22. The normalized spacial score (nSPS) is 14.1. The van der Waals surface area contributed by atoms with Crippen molar-refractivity contribution >= 4 is 40.8 Å². The number of carbonyl (C=O) groups excluding carboxylic acids is 1. The lowest BCUT2D eigenvalue weighted by atomic mass is 10.0. The van der Waals surface area contributed by atoms with E-state index in [1.54, 1.807) is 11.8 Å². The lowest BCUT2D eigenvalue weighted by molar-refractivity contribution is 0.0953. The van der Waals surface area contributed by atoms with Crippen LogP contribution in [0.4, 0.5) is 5.69 Å². The number of rotatable bonds is 9. The molecule has 1 amide bonds. The van der Waals surface area contributed by atoms with Crippen LogP contribution in [0.15, 0.2) is 70.7 Å². The molecule has 6 nitrogen and oxygen atoms in total. The number of anilines is 1. The molecule has 37 heavy (non-hydrogen) atoms. The monoisotopic (exact) mass is 531 g/mol. The number of amides is 1. The topological polar surface area (TPSA) is 71.3 Å². The van der Waals surface area contributed by atoms with Crippen molar-refractivity contribution < 1.29 is 4.79 Å². The Labute approximate surface area is 227 Å². The second-order valence-corrected chi connectivity index (χ2v) is 11.7. The summed E-state index contributed by atoms with van der Waals surface area (Å²) in [7, 11) is 0. The summed E-state index contributed by atoms with van der Waals surface area (Å²) in [6.45, 7) is 5.65. The second kappa shape index (κ2) is 12.0. The molecule has 0 radical (unpaired) electrons. The molecule has 0 aliphatic carbocycles. The highest BCUT2D eigenvalue weighted by Gasteiger charge is 2.18. The summed E-state index contributed by atoms with van der Waals surface area (Å²) >= 11 is 3.70. The van der Waals surface area contributed by atoms with Crippen LogP contribution in [0.25, 0.3) is 16.9 Å². The summed E-state index contributed by atoms with van der Waals surface area (Å²) in [4.78, 5) is 18.5. The molecule has 1 fully saturated rings. The van der Waals surface area contributed by atoms with Crippen LogP contribution in [0.3, 0.4) is 0 Å². The Morgan fingerprint density at radius 1 is 1.14 bits per heavy atom.